The first kappa shape index (κ1) is 14.9. The molecular weight excluding hydrogens is 297 g/mol. The van der Waals surface area contributed by atoms with Crippen LogP contribution in [0.4, 0.5) is 4.39 Å². The summed E-state index contributed by atoms with van der Waals surface area (Å²) < 4.78 is 18.2. The van der Waals surface area contributed by atoms with Crippen LogP contribution in [0.3, 0.4) is 0 Å². The van der Waals surface area contributed by atoms with Crippen LogP contribution in [0.15, 0.2) is 59.1 Å². The van der Waals surface area contributed by atoms with E-state index in [1.807, 2.05) is 30.3 Å². The molecule has 0 atom stereocenters. The van der Waals surface area contributed by atoms with Gasteiger partial charge in [0.2, 0.25) is 11.7 Å². The van der Waals surface area contributed by atoms with Crippen molar-refractivity contribution in [3.05, 3.63) is 71.9 Å². The minimum atomic E-state index is -0.443. The number of carbonyl (C=O) groups excluding carboxylic acids is 1. The SMILES string of the molecule is O=C(NCCc1nc(-c2ccccc2)no1)c1cccc(F)c1. The average molecular weight is 311 g/mol. The zero-order valence-electron chi connectivity index (χ0n) is 12.2. The summed E-state index contributed by atoms with van der Waals surface area (Å²) in [7, 11) is 0. The van der Waals surface area contributed by atoms with Gasteiger partial charge in [-0.15, -0.1) is 0 Å². The zero-order valence-corrected chi connectivity index (χ0v) is 12.2. The Morgan fingerprint density at radius 2 is 1.96 bits per heavy atom. The third-order valence-electron chi connectivity index (χ3n) is 3.21. The van der Waals surface area contributed by atoms with E-state index in [4.69, 9.17) is 4.52 Å². The molecule has 1 heterocycles. The van der Waals surface area contributed by atoms with Crippen LogP contribution in [0.5, 0.6) is 0 Å². The molecule has 0 radical (unpaired) electrons. The Labute approximate surface area is 132 Å². The molecule has 0 aliphatic carbocycles. The molecule has 0 fully saturated rings. The molecule has 0 saturated heterocycles. The summed E-state index contributed by atoms with van der Waals surface area (Å²) in [6, 6.07) is 15.0. The predicted molar refractivity (Wildman–Crippen MR) is 82.2 cm³/mol. The topological polar surface area (TPSA) is 68.0 Å². The Kier molecular flexibility index (Phi) is 4.42. The van der Waals surface area contributed by atoms with Crippen molar-refractivity contribution in [2.24, 2.45) is 0 Å². The number of nitrogens with one attached hydrogen (secondary N) is 1. The van der Waals surface area contributed by atoms with Crippen LogP contribution in [0.2, 0.25) is 0 Å². The lowest BCUT2D eigenvalue weighted by molar-refractivity contribution is 0.0953. The van der Waals surface area contributed by atoms with Gasteiger partial charge in [0.25, 0.3) is 5.91 Å². The van der Waals surface area contributed by atoms with E-state index < -0.39 is 5.82 Å². The fraction of sp³-hybridized carbons (Fsp3) is 0.118. The van der Waals surface area contributed by atoms with Crippen LogP contribution in [-0.4, -0.2) is 22.6 Å². The van der Waals surface area contributed by atoms with Crippen molar-refractivity contribution >= 4 is 5.91 Å². The number of aromatic nitrogens is 2. The number of rotatable bonds is 5. The first-order valence-corrected chi connectivity index (χ1v) is 7.14. The van der Waals surface area contributed by atoms with Crippen LogP contribution in [-0.2, 0) is 6.42 Å². The maximum atomic E-state index is 13.1. The quantitative estimate of drug-likeness (QED) is 0.786. The largest absolute Gasteiger partial charge is 0.352 e. The summed E-state index contributed by atoms with van der Waals surface area (Å²) in [5.74, 6) is 0.162. The molecule has 5 nitrogen and oxygen atoms in total. The third-order valence-corrected chi connectivity index (χ3v) is 3.21. The highest BCUT2D eigenvalue weighted by molar-refractivity contribution is 5.94. The smallest absolute Gasteiger partial charge is 0.251 e. The number of hydrogen-bond donors (Lipinski definition) is 1. The van der Waals surface area contributed by atoms with Gasteiger partial charge < -0.3 is 9.84 Å². The molecule has 116 valence electrons. The van der Waals surface area contributed by atoms with Crippen molar-refractivity contribution in [3.63, 3.8) is 0 Å². The van der Waals surface area contributed by atoms with E-state index in [9.17, 15) is 9.18 Å². The number of benzene rings is 2. The van der Waals surface area contributed by atoms with Crippen LogP contribution in [0, 0.1) is 5.82 Å². The number of nitrogens with zero attached hydrogens (tertiary/aromatic N) is 2. The minimum absolute atomic E-state index is 0.278. The van der Waals surface area contributed by atoms with Crippen LogP contribution in [0.25, 0.3) is 11.4 Å². The molecule has 2 aromatic carbocycles. The zero-order chi connectivity index (χ0) is 16.1. The van der Waals surface area contributed by atoms with Gasteiger partial charge in [0, 0.05) is 24.1 Å². The Hall–Kier alpha value is -3.02. The van der Waals surface area contributed by atoms with Gasteiger partial charge in [-0.05, 0) is 18.2 Å². The molecule has 0 aliphatic rings. The lowest BCUT2D eigenvalue weighted by Gasteiger charge is -2.03. The van der Waals surface area contributed by atoms with Gasteiger partial charge in [-0.25, -0.2) is 4.39 Å². The van der Waals surface area contributed by atoms with E-state index in [-0.39, 0.29) is 11.5 Å². The second-order valence-corrected chi connectivity index (χ2v) is 4.89. The molecule has 0 unspecified atom stereocenters. The van der Waals surface area contributed by atoms with Crippen molar-refractivity contribution < 1.29 is 13.7 Å². The fourth-order valence-electron chi connectivity index (χ4n) is 2.08. The number of hydrogen-bond acceptors (Lipinski definition) is 4. The molecule has 0 aliphatic heterocycles. The summed E-state index contributed by atoms with van der Waals surface area (Å²) >= 11 is 0. The second kappa shape index (κ2) is 6.83. The highest BCUT2D eigenvalue weighted by atomic mass is 19.1. The molecule has 3 aromatic rings. The second-order valence-electron chi connectivity index (χ2n) is 4.89. The first-order chi connectivity index (χ1) is 11.2. The number of carbonyl (C=O) groups is 1. The maximum Gasteiger partial charge on any atom is 0.251 e. The molecule has 0 spiro atoms. The van der Waals surface area contributed by atoms with Crippen LogP contribution >= 0.6 is 0 Å². The van der Waals surface area contributed by atoms with Gasteiger partial charge in [-0.1, -0.05) is 41.6 Å². The molecule has 0 saturated carbocycles. The van der Waals surface area contributed by atoms with Crippen molar-refractivity contribution in [2.75, 3.05) is 6.54 Å². The normalized spacial score (nSPS) is 10.5. The van der Waals surface area contributed by atoms with Crippen molar-refractivity contribution in [3.8, 4) is 11.4 Å². The van der Waals surface area contributed by atoms with Gasteiger partial charge in [0.15, 0.2) is 0 Å². The fourth-order valence-corrected chi connectivity index (χ4v) is 2.08. The van der Waals surface area contributed by atoms with Gasteiger partial charge in [0.1, 0.15) is 5.82 Å². The average Bonchev–Trinajstić information content (AvgIpc) is 3.04. The Balaban J connectivity index is 1.55. The Morgan fingerprint density at radius 3 is 2.74 bits per heavy atom. The standard InChI is InChI=1S/C17H14FN3O2/c18-14-8-4-7-13(11-14)17(22)19-10-9-15-20-16(21-23-15)12-5-2-1-3-6-12/h1-8,11H,9-10H2,(H,19,22). The minimum Gasteiger partial charge on any atom is -0.352 e. The molecule has 23 heavy (non-hydrogen) atoms. The van der Waals surface area contributed by atoms with Gasteiger partial charge in [0.05, 0.1) is 0 Å². The van der Waals surface area contributed by atoms with E-state index >= 15 is 0 Å². The molecule has 6 heteroatoms. The van der Waals surface area contributed by atoms with E-state index in [0.29, 0.717) is 24.7 Å². The van der Waals surface area contributed by atoms with E-state index in [1.165, 1.54) is 18.2 Å². The summed E-state index contributed by atoms with van der Waals surface area (Å²) in [5, 5.41) is 6.60. The monoisotopic (exact) mass is 311 g/mol. The maximum absolute atomic E-state index is 13.1. The van der Waals surface area contributed by atoms with Crippen molar-refractivity contribution in [1.82, 2.24) is 15.5 Å². The lowest BCUT2D eigenvalue weighted by atomic mass is 10.2. The van der Waals surface area contributed by atoms with E-state index in [1.54, 1.807) is 6.07 Å². The molecule has 1 aromatic heterocycles. The summed E-state index contributed by atoms with van der Waals surface area (Å²) in [4.78, 5) is 16.1. The first-order valence-electron chi connectivity index (χ1n) is 7.14. The molecule has 0 bridgehead atoms. The van der Waals surface area contributed by atoms with E-state index in [0.717, 1.165) is 5.56 Å². The molecular formula is C17H14FN3O2. The van der Waals surface area contributed by atoms with Crippen molar-refractivity contribution in [2.45, 2.75) is 6.42 Å². The Bertz CT molecular complexity index is 802. The van der Waals surface area contributed by atoms with Crippen LogP contribution < -0.4 is 5.32 Å². The molecule has 1 N–H and O–H groups in total. The van der Waals surface area contributed by atoms with Crippen LogP contribution in [0.1, 0.15) is 16.2 Å². The summed E-state index contributed by atoms with van der Waals surface area (Å²) in [6.45, 7) is 0.325. The summed E-state index contributed by atoms with van der Waals surface area (Å²) in [6.07, 6.45) is 0.404. The number of halogens is 1. The predicted octanol–water partition coefficient (Wildman–Crippen LogP) is 2.85. The lowest BCUT2D eigenvalue weighted by Crippen LogP contribution is -2.25. The van der Waals surface area contributed by atoms with Gasteiger partial charge >= 0.3 is 0 Å². The third kappa shape index (κ3) is 3.79. The van der Waals surface area contributed by atoms with E-state index in [2.05, 4.69) is 15.5 Å². The van der Waals surface area contributed by atoms with Crippen molar-refractivity contribution in [1.29, 1.82) is 0 Å². The molecule has 3 rings (SSSR count). The van der Waals surface area contributed by atoms with Gasteiger partial charge in [-0.2, -0.15) is 4.98 Å². The highest BCUT2D eigenvalue weighted by Gasteiger charge is 2.10. The molecule has 1 amide bonds. The summed E-state index contributed by atoms with van der Waals surface area (Å²) in [5.41, 5.74) is 1.15. The highest BCUT2D eigenvalue weighted by Crippen LogP contribution is 2.14. The Morgan fingerprint density at radius 1 is 1.13 bits per heavy atom. The number of amides is 1. The van der Waals surface area contributed by atoms with Gasteiger partial charge in [-0.3, -0.25) is 4.79 Å².